The zero-order valence-corrected chi connectivity index (χ0v) is 9.65. The van der Waals surface area contributed by atoms with Crippen molar-refractivity contribution in [2.45, 2.75) is 18.9 Å². The first kappa shape index (κ1) is 13.6. The molecule has 16 heavy (non-hydrogen) atoms. The molecule has 0 spiro atoms. The van der Waals surface area contributed by atoms with E-state index in [9.17, 15) is 4.79 Å². The van der Waals surface area contributed by atoms with E-state index in [1.165, 1.54) is 0 Å². The van der Waals surface area contributed by atoms with Crippen LogP contribution in [0.25, 0.3) is 0 Å². The minimum atomic E-state index is 0.148. The fourth-order valence-corrected chi connectivity index (χ4v) is 1.59. The Bertz CT molecular complexity index is 171. The topological polar surface area (TPSA) is 56.8 Å². The van der Waals surface area contributed by atoms with Gasteiger partial charge in [-0.3, -0.25) is 0 Å². The van der Waals surface area contributed by atoms with Gasteiger partial charge >= 0.3 is 0 Å². The number of rotatable bonds is 9. The maximum absolute atomic E-state index is 9.92. The molecule has 1 aliphatic rings. The van der Waals surface area contributed by atoms with Gasteiger partial charge < -0.3 is 24.3 Å². The van der Waals surface area contributed by atoms with E-state index in [-0.39, 0.29) is 6.61 Å². The van der Waals surface area contributed by atoms with E-state index in [0.29, 0.717) is 32.5 Å². The molecule has 0 aromatic heterocycles. The molecule has 1 heterocycles. The van der Waals surface area contributed by atoms with Crippen LogP contribution in [0, 0.1) is 0 Å². The van der Waals surface area contributed by atoms with Gasteiger partial charge in [0.2, 0.25) is 0 Å². The summed E-state index contributed by atoms with van der Waals surface area (Å²) in [4.78, 5) is 9.92. The third-order valence-corrected chi connectivity index (χ3v) is 2.43. The number of carbonyl (C=O) groups is 1. The Labute approximate surface area is 96.4 Å². The van der Waals surface area contributed by atoms with Crippen molar-refractivity contribution in [2.24, 2.45) is 0 Å². The van der Waals surface area contributed by atoms with E-state index in [2.05, 4.69) is 5.32 Å². The third kappa shape index (κ3) is 6.90. The molecule has 0 unspecified atom stereocenters. The van der Waals surface area contributed by atoms with Crippen LogP contribution in [0.3, 0.4) is 0 Å². The number of aldehydes is 1. The van der Waals surface area contributed by atoms with Gasteiger partial charge in [0, 0.05) is 0 Å². The van der Waals surface area contributed by atoms with Gasteiger partial charge in [-0.1, -0.05) is 0 Å². The second kappa shape index (κ2) is 9.72. The predicted molar refractivity (Wildman–Crippen MR) is 59.5 cm³/mol. The average molecular weight is 231 g/mol. The summed E-state index contributed by atoms with van der Waals surface area (Å²) in [5.74, 6) is 0. The van der Waals surface area contributed by atoms with Gasteiger partial charge in [-0.25, -0.2) is 0 Å². The highest BCUT2D eigenvalue weighted by atomic mass is 16.5. The molecule has 0 atom stereocenters. The number of nitrogens with one attached hydrogen (secondary N) is 1. The Hall–Kier alpha value is -0.490. The lowest BCUT2D eigenvalue weighted by atomic mass is 10.1. The lowest BCUT2D eigenvalue weighted by Crippen LogP contribution is -2.33. The standard InChI is InChI=1S/C11H21NO4/c13-5-6-14-7-8-15-9-10-16-11-1-3-12-4-2-11/h5,11-12H,1-4,6-10H2. The van der Waals surface area contributed by atoms with Crippen LogP contribution in [-0.2, 0) is 19.0 Å². The molecule has 5 nitrogen and oxygen atoms in total. The maximum atomic E-state index is 9.92. The van der Waals surface area contributed by atoms with Crippen LogP contribution in [0.5, 0.6) is 0 Å². The molecule has 0 aromatic rings. The molecule has 0 aromatic carbocycles. The number of ether oxygens (including phenoxy) is 3. The van der Waals surface area contributed by atoms with Crippen LogP contribution in [-0.4, -0.2) is 58.5 Å². The number of hydrogen-bond donors (Lipinski definition) is 1. The summed E-state index contributed by atoms with van der Waals surface area (Å²) >= 11 is 0. The SMILES string of the molecule is O=CCOCCOCCOC1CCNCC1. The molecule has 1 saturated heterocycles. The van der Waals surface area contributed by atoms with Crippen molar-refractivity contribution in [3.8, 4) is 0 Å². The van der Waals surface area contributed by atoms with E-state index in [4.69, 9.17) is 14.2 Å². The minimum Gasteiger partial charge on any atom is -0.377 e. The van der Waals surface area contributed by atoms with E-state index in [1.807, 2.05) is 0 Å². The van der Waals surface area contributed by atoms with Crippen LogP contribution < -0.4 is 5.32 Å². The smallest absolute Gasteiger partial charge is 0.145 e. The van der Waals surface area contributed by atoms with Crippen molar-refractivity contribution in [3.05, 3.63) is 0 Å². The molecule has 1 N–H and O–H groups in total. The van der Waals surface area contributed by atoms with Gasteiger partial charge in [-0.05, 0) is 25.9 Å². The first-order chi connectivity index (χ1) is 7.93. The van der Waals surface area contributed by atoms with Gasteiger partial charge in [-0.15, -0.1) is 0 Å². The lowest BCUT2D eigenvalue weighted by Gasteiger charge is -2.22. The van der Waals surface area contributed by atoms with Crippen molar-refractivity contribution < 1.29 is 19.0 Å². The molecule has 0 radical (unpaired) electrons. The Morgan fingerprint density at radius 2 is 1.75 bits per heavy atom. The molecule has 0 saturated carbocycles. The van der Waals surface area contributed by atoms with Gasteiger partial charge in [0.25, 0.3) is 0 Å². The Morgan fingerprint density at radius 1 is 1.06 bits per heavy atom. The molecule has 1 aliphatic heterocycles. The minimum absolute atomic E-state index is 0.148. The first-order valence-corrected chi connectivity index (χ1v) is 5.85. The first-order valence-electron chi connectivity index (χ1n) is 5.85. The zero-order valence-electron chi connectivity index (χ0n) is 9.65. The summed E-state index contributed by atoms with van der Waals surface area (Å²) in [6, 6.07) is 0. The van der Waals surface area contributed by atoms with Crippen molar-refractivity contribution >= 4 is 6.29 Å². The van der Waals surface area contributed by atoms with Gasteiger partial charge in [0.1, 0.15) is 12.9 Å². The molecule has 5 heteroatoms. The quantitative estimate of drug-likeness (QED) is 0.447. The van der Waals surface area contributed by atoms with Crippen LogP contribution in [0.2, 0.25) is 0 Å². The molecule has 1 fully saturated rings. The van der Waals surface area contributed by atoms with Gasteiger partial charge in [0.05, 0.1) is 32.5 Å². The van der Waals surface area contributed by atoms with E-state index in [1.54, 1.807) is 0 Å². The largest absolute Gasteiger partial charge is 0.377 e. The summed E-state index contributed by atoms with van der Waals surface area (Å²) in [7, 11) is 0. The summed E-state index contributed by atoms with van der Waals surface area (Å²) in [6.45, 7) is 4.45. The molecule has 0 aliphatic carbocycles. The Morgan fingerprint density at radius 3 is 2.50 bits per heavy atom. The fourth-order valence-electron chi connectivity index (χ4n) is 1.59. The highest BCUT2D eigenvalue weighted by molar-refractivity contribution is 5.50. The second-order valence-corrected chi connectivity index (χ2v) is 3.67. The van der Waals surface area contributed by atoms with Crippen molar-refractivity contribution in [2.75, 3.05) is 46.1 Å². The average Bonchev–Trinajstić information content (AvgIpc) is 2.34. The molecular formula is C11H21NO4. The van der Waals surface area contributed by atoms with Gasteiger partial charge in [0.15, 0.2) is 0 Å². The number of hydrogen-bond acceptors (Lipinski definition) is 5. The normalized spacial score (nSPS) is 17.5. The van der Waals surface area contributed by atoms with Crippen LogP contribution in [0.1, 0.15) is 12.8 Å². The van der Waals surface area contributed by atoms with Crippen molar-refractivity contribution in [1.82, 2.24) is 5.32 Å². The van der Waals surface area contributed by atoms with E-state index in [0.717, 1.165) is 32.2 Å². The predicted octanol–water partition coefficient (Wildman–Crippen LogP) is -0.0129. The molecule has 0 bridgehead atoms. The van der Waals surface area contributed by atoms with Crippen LogP contribution in [0.4, 0.5) is 0 Å². The third-order valence-electron chi connectivity index (χ3n) is 2.43. The summed E-state index contributed by atoms with van der Waals surface area (Å²) in [5, 5.41) is 3.29. The summed E-state index contributed by atoms with van der Waals surface area (Å²) < 4.78 is 15.9. The monoisotopic (exact) mass is 231 g/mol. The molecule has 94 valence electrons. The van der Waals surface area contributed by atoms with Gasteiger partial charge in [-0.2, -0.15) is 0 Å². The highest BCUT2D eigenvalue weighted by Gasteiger charge is 2.12. The molecule has 0 amide bonds. The van der Waals surface area contributed by atoms with Crippen LogP contribution in [0.15, 0.2) is 0 Å². The Kier molecular flexibility index (Phi) is 8.24. The van der Waals surface area contributed by atoms with E-state index >= 15 is 0 Å². The molecule has 1 rings (SSSR count). The maximum Gasteiger partial charge on any atom is 0.145 e. The Balaban J connectivity index is 1.78. The van der Waals surface area contributed by atoms with Crippen molar-refractivity contribution in [1.29, 1.82) is 0 Å². The fraction of sp³-hybridized carbons (Fsp3) is 0.909. The highest BCUT2D eigenvalue weighted by Crippen LogP contribution is 2.06. The second-order valence-electron chi connectivity index (χ2n) is 3.67. The molecular weight excluding hydrogens is 210 g/mol. The zero-order chi connectivity index (χ0) is 11.5. The summed E-state index contributed by atoms with van der Waals surface area (Å²) in [6.07, 6.45) is 3.29. The van der Waals surface area contributed by atoms with E-state index < -0.39 is 0 Å². The lowest BCUT2D eigenvalue weighted by molar-refractivity contribution is -0.112. The number of carbonyl (C=O) groups excluding carboxylic acids is 1. The number of piperidine rings is 1. The van der Waals surface area contributed by atoms with Crippen molar-refractivity contribution in [3.63, 3.8) is 0 Å². The van der Waals surface area contributed by atoms with Crippen LogP contribution >= 0.6 is 0 Å². The summed E-state index contributed by atoms with van der Waals surface area (Å²) in [5.41, 5.74) is 0.